The zero-order chi connectivity index (χ0) is 13.4. The highest BCUT2D eigenvalue weighted by Crippen LogP contribution is 2.25. The van der Waals surface area contributed by atoms with Gasteiger partial charge in [-0.1, -0.05) is 24.3 Å². The van der Waals surface area contributed by atoms with Gasteiger partial charge in [-0.3, -0.25) is 0 Å². The second kappa shape index (κ2) is 4.48. The summed E-state index contributed by atoms with van der Waals surface area (Å²) in [6.07, 6.45) is 0. The molecule has 1 aromatic carbocycles. The van der Waals surface area contributed by atoms with Crippen LogP contribution in [-0.2, 0) is 6.73 Å². The molecule has 19 heavy (non-hydrogen) atoms. The molecule has 0 aliphatic carbocycles. The maximum absolute atomic E-state index is 9.48. The van der Waals surface area contributed by atoms with Crippen molar-refractivity contribution in [3.05, 3.63) is 47.9 Å². The minimum atomic E-state index is -0.0868. The molecule has 0 saturated carbocycles. The second-order valence-electron chi connectivity index (χ2n) is 4.55. The molecule has 2 aromatic heterocycles. The summed E-state index contributed by atoms with van der Waals surface area (Å²) in [4.78, 5) is 9.06. The standard InChI is InChI=1S/C15H15N3O/c1-10-15(18(9-19)11(2)16-10)14-8-7-12-5-3-4-6-13(12)17-14/h3-8,19H,9H2,1-2H3. The Hall–Kier alpha value is -2.20. The van der Waals surface area contributed by atoms with Gasteiger partial charge in [-0.25, -0.2) is 9.97 Å². The van der Waals surface area contributed by atoms with Gasteiger partial charge in [0, 0.05) is 5.39 Å². The van der Waals surface area contributed by atoms with Crippen LogP contribution in [0.3, 0.4) is 0 Å². The predicted octanol–water partition coefficient (Wildman–Crippen LogP) is 2.66. The van der Waals surface area contributed by atoms with E-state index in [1.165, 1.54) is 0 Å². The molecule has 0 amide bonds. The number of imidazole rings is 1. The van der Waals surface area contributed by atoms with Crippen LogP contribution < -0.4 is 0 Å². The molecule has 3 aromatic rings. The van der Waals surface area contributed by atoms with E-state index in [0.29, 0.717) is 0 Å². The lowest BCUT2D eigenvalue weighted by atomic mass is 10.1. The largest absolute Gasteiger partial charge is 0.376 e. The van der Waals surface area contributed by atoms with Gasteiger partial charge in [0.15, 0.2) is 0 Å². The first-order valence-corrected chi connectivity index (χ1v) is 6.21. The first kappa shape index (κ1) is 11.9. The molecule has 3 rings (SSSR count). The normalized spacial score (nSPS) is 11.1. The lowest BCUT2D eigenvalue weighted by Crippen LogP contribution is -2.02. The number of hydrogen-bond donors (Lipinski definition) is 1. The molecule has 0 spiro atoms. The van der Waals surface area contributed by atoms with E-state index in [0.717, 1.165) is 33.8 Å². The number of aliphatic hydroxyl groups excluding tert-OH is 1. The Balaban J connectivity index is 2.24. The first-order chi connectivity index (χ1) is 9.20. The summed E-state index contributed by atoms with van der Waals surface area (Å²) in [5.41, 5.74) is 3.55. The average Bonchev–Trinajstić information content (AvgIpc) is 2.72. The summed E-state index contributed by atoms with van der Waals surface area (Å²) in [5.74, 6) is 0.796. The van der Waals surface area contributed by atoms with Crippen LogP contribution in [0.25, 0.3) is 22.3 Å². The highest BCUT2D eigenvalue weighted by atomic mass is 16.3. The van der Waals surface area contributed by atoms with Gasteiger partial charge in [-0.05, 0) is 26.0 Å². The molecule has 0 atom stereocenters. The highest BCUT2D eigenvalue weighted by Gasteiger charge is 2.14. The maximum Gasteiger partial charge on any atom is 0.121 e. The minimum Gasteiger partial charge on any atom is -0.376 e. The van der Waals surface area contributed by atoms with E-state index in [1.807, 2.05) is 50.2 Å². The van der Waals surface area contributed by atoms with Crippen LogP contribution in [0.5, 0.6) is 0 Å². The summed E-state index contributed by atoms with van der Waals surface area (Å²) in [6.45, 7) is 3.73. The summed E-state index contributed by atoms with van der Waals surface area (Å²) < 4.78 is 1.77. The highest BCUT2D eigenvalue weighted by molar-refractivity contribution is 5.81. The van der Waals surface area contributed by atoms with E-state index in [4.69, 9.17) is 0 Å². The van der Waals surface area contributed by atoms with Crippen LogP contribution in [-0.4, -0.2) is 19.6 Å². The van der Waals surface area contributed by atoms with Gasteiger partial charge in [0.2, 0.25) is 0 Å². The number of fused-ring (bicyclic) bond motifs is 1. The number of aliphatic hydroxyl groups is 1. The second-order valence-corrected chi connectivity index (χ2v) is 4.55. The van der Waals surface area contributed by atoms with Crippen LogP contribution in [0, 0.1) is 13.8 Å². The van der Waals surface area contributed by atoms with Crippen molar-refractivity contribution in [3.8, 4) is 11.4 Å². The zero-order valence-corrected chi connectivity index (χ0v) is 11.0. The van der Waals surface area contributed by atoms with E-state index in [-0.39, 0.29) is 6.73 Å². The third kappa shape index (κ3) is 1.90. The van der Waals surface area contributed by atoms with E-state index >= 15 is 0 Å². The Labute approximate surface area is 111 Å². The third-order valence-electron chi connectivity index (χ3n) is 3.32. The molecule has 0 saturated heterocycles. The van der Waals surface area contributed by atoms with Crippen molar-refractivity contribution in [2.24, 2.45) is 0 Å². The summed E-state index contributed by atoms with van der Waals surface area (Å²) >= 11 is 0. The van der Waals surface area contributed by atoms with Crippen molar-refractivity contribution in [2.45, 2.75) is 20.6 Å². The molecule has 96 valence electrons. The van der Waals surface area contributed by atoms with E-state index in [1.54, 1.807) is 4.57 Å². The Morgan fingerprint density at radius 1 is 1.05 bits per heavy atom. The van der Waals surface area contributed by atoms with Crippen LogP contribution in [0.2, 0.25) is 0 Å². The van der Waals surface area contributed by atoms with Crippen LogP contribution in [0.15, 0.2) is 36.4 Å². The first-order valence-electron chi connectivity index (χ1n) is 6.21. The van der Waals surface area contributed by atoms with Crippen LogP contribution in [0.1, 0.15) is 11.5 Å². The Bertz CT molecular complexity index is 746. The van der Waals surface area contributed by atoms with Gasteiger partial charge in [-0.15, -0.1) is 0 Å². The number of nitrogens with zero attached hydrogens (tertiary/aromatic N) is 3. The minimum absolute atomic E-state index is 0.0868. The van der Waals surface area contributed by atoms with Crippen LogP contribution in [0.4, 0.5) is 0 Å². The maximum atomic E-state index is 9.48. The predicted molar refractivity (Wildman–Crippen MR) is 74.7 cm³/mol. The lowest BCUT2D eigenvalue weighted by Gasteiger charge is -2.08. The number of para-hydroxylation sites is 1. The average molecular weight is 253 g/mol. The van der Waals surface area contributed by atoms with E-state index in [9.17, 15) is 5.11 Å². The van der Waals surface area contributed by atoms with Crippen molar-refractivity contribution in [3.63, 3.8) is 0 Å². The molecular weight excluding hydrogens is 238 g/mol. The number of aryl methyl sites for hydroxylation is 2. The topological polar surface area (TPSA) is 50.9 Å². The molecule has 4 nitrogen and oxygen atoms in total. The molecule has 4 heteroatoms. The number of rotatable bonds is 2. The zero-order valence-electron chi connectivity index (χ0n) is 11.0. The van der Waals surface area contributed by atoms with Crippen molar-refractivity contribution >= 4 is 10.9 Å². The third-order valence-corrected chi connectivity index (χ3v) is 3.32. The molecule has 0 fully saturated rings. The van der Waals surface area contributed by atoms with Crippen molar-refractivity contribution in [1.29, 1.82) is 0 Å². The fourth-order valence-electron chi connectivity index (χ4n) is 2.41. The molecule has 0 radical (unpaired) electrons. The smallest absolute Gasteiger partial charge is 0.121 e. The van der Waals surface area contributed by atoms with Gasteiger partial charge in [0.1, 0.15) is 12.6 Å². The van der Waals surface area contributed by atoms with Gasteiger partial charge in [0.25, 0.3) is 0 Å². The summed E-state index contributed by atoms with van der Waals surface area (Å²) in [6, 6.07) is 12.0. The molecule has 0 bridgehead atoms. The number of aromatic nitrogens is 3. The number of hydrogen-bond acceptors (Lipinski definition) is 3. The molecule has 0 aliphatic rings. The fourth-order valence-corrected chi connectivity index (χ4v) is 2.41. The van der Waals surface area contributed by atoms with Crippen molar-refractivity contribution in [1.82, 2.24) is 14.5 Å². The summed E-state index contributed by atoms with van der Waals surface area (Å²) in [5, 5.41) is 10.6. The molecule has 0 aliphatic heterocycles. The molecular formula is C15H15N3O. The SMILES string of the molecule is Cc1nc(C)n(CO)c1-c1ccc2ccccc2n1. The van der Waals surface area contributed by atoms with Gasteiger partial charge < -0.3 is 9.67 Å². The summed E-state index contributed by atoms with van der Waals surface area (Å²) in [7, 11) is 0. The van der Waals surface area contributed by atoms with E-state index in [2.05, 4.69) is 9.97 Å². The molecule has 1 N–H and O–H groups in total. The molecule has 2 heterocycles. The lowest BCUT2D eigenvalue weighted by molar-refractivity contribution is 0.209. The quantitative estimate of drug-likeness (QED) is 0.764. The number of pyridine rings is 1. The fraction of sp³-hybridized carbons (Fsp3) is 0.200. The van der Waals surface area contributed by atoms with Gasteiger partial charge in [-0.2, -0.15) is 0 Å². The van der Waals surface area contributed by atoms with Crippen molar-refractivity contribution in [2.75, 3.05) is 0 Å². The van der Waals surface area contributed by atoms with Gasteiger partial charge >= 0.3 is 0 Å². The Morgan fingerprint density at radius 2 is 1.84 bits per heavy atom. The molecule has 0 unspecified atom stereocenters. The van der Waals surface area contributed by atoms with Gasteiger partial charge in [0.05, 0.1) is 22.6 Å². The Morgan fingerprint density at radius 3 is 2.63 bits per heavy atom. The van der Waals surface area contributed by atoms with E-state index < -0.39 is 0 Å². The van der Waals surface area contributed by atoms with Crippen LogP contribution >= 0.6 is 0 Å². The van der Waals surface area contributed by atoms with Crippen molar-refractivity contribution < 1.29 is 5.11 Å². The monoisotopic (exact) mass is 253 g/mol. The Kier molecular flexibility index (Phi) is 2.80. The number of benzene rings is 1.